The van der Waals surface area contributed by atoms with Crippen LogP contribution in [0, 0.1) is 19.7 Å². The van der Waals surface area contributed by atoms with Crippen molar-refractivity contribution in [1.29, 1.82) is 0 Å². The van der Waals surface area contributed by atoms with Crippen LogP contribution in [0.3, 0.4) is 0 Å². The molecule has 0 bridgehead atoms. The van der Waals surface area contributed by atoms with Crippen molar-refractivity contribution in [1.82, 2.24) is 20.2 Å². The third-order valence-electron chi connectivity index (χ3n) is 4.16. The number of para-hydroxylation sites is 1. The molecule has 0 saturated carbocycles. The summed E-state index contributed by atoms with van der Waals surface area (Å²) < 4.78 is 40.9. The quantitative estimate of drug-likeness (QED) is 0.654. The van der Waals surface area contributed by atoms with Crippen LogP contribution in [0.2, 0.25) is 0 Å². The van der Waals surface area contributed by atoms with Crippen LogP contribution in [0.15, 0.2) is 42.5 Å². The number of aromatic nitrogens is 4. The lowest BCUT2D eigenvalue weighted by Crippen LogP contribution is -2.37. The largest absolute Gasteiger partial charge is 0.324 e. The highest BCUT2D eigenvalue weighted by molar-refractivity contribution is 7.92. The Morgan fingerprint density at radius 1 is 1.21 bits per heavy atom. The van der Waals surface area contributed by atoms with E-state index in [9.17, 15) is 17.6 Å². The normalized spacial score (nSPS) is 11.3. The number of benzene rings is 2. The highest BCUT2D eigenvalue weighted by Gasteiger charge is 2.22. The lowest BCUT2D eigenvalue weighted by Gasteiger charge is -2.23. The summed E-state index contributed by atoms with van der Waals surface area (Å²) in [5.41, 5.74) is 1.46. The summed E-state index contributed by atoms with van der Waals surface area (Å²) in [7, 11) is -3.70. The first kappa shape index (κ1) is 20.4. The van der Waals surface area contributed by atoms with Gasteiger partial charge in [0.15, 0.2) is 5.82 Å². The molecule has 0 atom stereocenters. The monoisotopic (exact) mass is 418 g/mol. The molecule has 2 aromatic carbocycles. The lowest BCUT2D eigenvalue weighted by molar-refractivity contribution is -0.114. The minimum absolute atomic E-state index is 0.0594. The molecule has 1 N–H and O–H groups in total. The van der Waals surface area contributed by atoms with Crippen LogP contribution in [0.5, 0.6) is 0 Å². The van der Waals surface area contributed by atoms with Crippen LogP contribution in [-0.2, 0) is 14.8 Å². The predicted molar refractivity (Wildman–Crippen MR) is 106 cm³/mol. The van der Waals surface area contributed by atoms with Crippen molar-refractivity contribution in [3.8, 4) is 5.69 Å². The lowest BCUT2D eigenvalue weighted by atomic mass is 10.2. The molecule has 152 valence electrons. The van der Waals surface area contributed by atoms with Crippen LogP contribution in [0.4, 0.5) is 15.8 Å². The number of anilines is 2. The summed E-state index contributed by atoms with van der Waals surface area (Å²) in [5.74, 6) is -0.782. The van der Waals surface area contributed by atoms with Gasteiger partial charge in [0, 0.05) is 5.69 Å². The maximum absolute atomic E-state index is 14.2. The third-order valence-corrected chi connectivity index (χ3v) is 5.28. The van der Waals surface area contributed by atoms with Crippen LogP contribution in [-0.4, -0.2) is 47.3 Å². The second-order valence-electron chi connectivity index (χ2n) is 6.41. The first-order chi connectivity index (χ1) is 13.7. The topological polar surface area (TPSA) is 110 Å². The second kappa shape index (κ2) is 7.95. The molecule has 0 aliphatic heterocycles. The zero-order chi connectivity index (χ0) is 21.2. The van der Waals surface area contributed by atoms with Gasteiger partial charge in [-0.3, -0.25) is 9.10 Å². The number of rotatable bonds is 6. The van der Waals surface area contributed by atoms with Gasteiger partial charge >= 0.3 is 0 Å². The Balaban J connectivity index is 1.85. The molecular formula is C18H19FN6O3S. The van der Waals surface area contributed by atoms with E-state index in [0.717, 1.165) is 10.6 Å². The van der Waals surface area contributed by atoms with Crippen LogP contribution >= 0.6 is 0 Å². The number of amides is 1. The standard InChI is InChI=1S/C18H19FN6O3S/c1-12-6-4-5-7-16(12)24(29(3,27)28)11-18(26)20-14-8-9-15(19)17(10-14)25-13(2)21-22-23-25/h4-10H,11H2,1-3H3,(H,20,26). The number of carbonyl (C=O) groups excluding carboxylic acids is 1. The minimum atomic E-state index is -3.70. The average molecular weight is 418 g/mol. The molecule has 1 heterocycles. The fourth-order valence-corrected chi connectivity index (χ4v) is 3.68. The van der Waals surface area contributed by atoms with Crippen molar-refractivity contribution in [2.24, 2.45) is 0 Å². The van der Waals surface area contributed by atoms with E-state index in [1.54, 1.807) is 38.1 Å². The molecular weight excluding hydrogens is 399 g/mol. The Labute approximate surface area is 167 Å². The van der Waals surface area contributed by atoms with E-state index in [1.807, 2.05) is 0 Å². The van der Waals surface area contributed by atoms with Crippen molar-refractivity contribution in [3.05, 3.63) is 59.7 Å². The molecule has 3 rings (SSSR count). The first-order valence-electron chi connectivity index (χ1n) is 8.55. The van der Waals surface area contributed by atoms with Crippen molar-refractivity contribution < 1.29 is 17.6 Å². The first-order valence-corrected chi connectivity index (χ1v) is 10.4. The van der Waals surface area contributed by atoms with Crippen LogP contribution in [0.25, 0.3) is 5.69 Å². The number of nitrogens with zero attached hydrogens (tertiary/aromatic N) is 5. The van der Waals surface area contributed by atoms with Crippen LogP contribution < -0.4 is 9.62 Å². The van der Waals surface area contributed by atoms with Crippen molar-refractivity contribution in [3.63, 3.8) is 0 Å². The fraction of sp³-hybridized carbons (Fsp3) is 0.222. The van der Waals surface area contributed by atoms with Gasteiger partial charge in [-0.2, -0.15) is 4.68 Å². The minimum Gasteiger partial charge on any atom is -0.324 e. The number of hydrogen-bond acceptors (Lipinski definition) is 6. The summed E-state index contributed by atoms with van der Waals surface area (Å²) >= 11 is 0. The number of hydrogen-bond donors (Lipinski definition) is 1. The van der Waals surface area contributed by atoms with Gasteiger partial charge in [0.2, 0.25) is 15.9 Å². The Hall–Kier alpha value is -3.34. The molecule has 0 aliphatic carbocycles. The van der Waals surface area contributed by atoms with E-state index >= 15 is 0 Å². The number of sulfonamides is 1. The van der Waals surface area contributed by atoms with Gasteiger partial charge in [0.05, 0.1) is 11.9 Å². The molecule has 0 radical (unpaired) electrons. The van der Waals surface area contributed by atoms with Gasteiger partial charge in [-0.1, -0.05) is 18.2 Å². The summed E-state index contributed by atoms with van der Waals surface area (Å²) in [6, 6.07) is 10.8. The number of tetrazole rings is 1. The summed E-state index contributed by atoms with van der Waals surface area (Å²) in [6.45, 7) is 2.93. The fourth-order valence-electron chi connectivity index (χ4n) is 2.76. The highest BCUT2D eigenvalue weighted by atomic mass is 32.2. The van der Waals surface area contributed by atoms with Crippen molar-refractivity contribution >= 4 is 27.3 Å². The third kappa shape index (κ3) is 4.57. The van der Waals surface area contributed by atoms with E-state index < -0.39 is 28.3 Å². The molecule has 0 unspecified atom stereocenters. The van der Waals surface area contributed by atoms with Crippen LogP contribution in [0.1, 0.15) is 11.4 Å². The smallest absolute Gasteiger partial charge is 0.245 e. The van der Waals surface area contributed by atoms with Gasteiger partial charge in [0.25, 0.3) is 0 Å². The second-order valence-corrected chi connectivity index (χ2v) is 8.32. The molecule has 9 nitrogen and oxygen atoms in total. The molecule has 11 heteroatoms. The van der Waals surface area contributed by atoms with Gasteiger partial charge in [-0.25, -0.2) is 12.8 Å². The van der Waals surface area contributed by atoms with E-state index in [0.29, 0.717) is 17.1 Å². The number of nitrogens with one attached hydrogen (secondary N) is 1. The molecule has 0 fully saturated rings. The van der Waals surface area contributed by atoms with Gasteiger partial charge in [-0.05, 0) is 54.1 Å². The molecule has 1 aromatic heterocycles. The Morgan fingerprint density at radius 3 is 2.55 bits per heavy atom. The SMILES string of the molecule is Cc1ccccc1N(CC(=O)Nc1ccc(F)c(-n2nnnc2C)c1)S(C)(=O)=O. The van der Waals surface area contributed by atoms with E-state index in [4.69, 9.17) is 0 Å². The zero-order valence-corrected chi connectivity index (χ0v) is 16.8. The summed E-state index contributed by atoms with van der Waals surface area (Å²) in [5, 5.41) is 13.5. The Kier molecular flexibility index (Phi) is 5.59. The maximum atomic E-state index is 14.2. The molecule has 0 spiro atoms. The Bertz CT molecular complexity index is 1160. The molecule has 0 aliphatic rings. The highest BCUT2D eigenvalue weighted by Crippen LogP contribution is 2.23. The van der Waals surface area contributed by atoms with Gasteiger partial charge in [0.1, 0.15) is 18.0 Å². The summed E-state index contributed by atoms with van der Waals surface area (Å²) in [4.78, 5) is 12.5. The van der Waals surface area contributed by atoms with E-state index in [1.165, 1.54) is 22.9 Å². The van der Waals surface area contributed by atoms with E-state index in [2.05, 4.69) is 20.8 Å². The number of halogens is 1. The molecule has 0 saturated heterocycles. The molecule has 1 amide bonds. The number of aryl methyl sites for hydroxylation is 2. The van der Waals surface area contributed by atoms with Gasteiger partial charge in [-0.15, -0.1) is 5.10 Å². The van der Waals surface area contributed by atoms with Crippen molar-refractivity contribution in [2.75, 3.05) is 22.4 Å². The van der Waals surface area contributed by atoms with Gasteiger partial charge < -0.3 is 5.32 Å². The average Bonchev–Trinajstić information content (AvgIpc) is 3.07. The maximum Gasteiger partial charge on any atom is 0.245 e. The Morgan fingerprint density at radius 2 is 1.93 bits per heavy atom. The predicted octanol–water partition coefficient (Wildman–Crippen LogP) is 1.82. The molecule has 3 aromatic rings. The number of carbonyl (C=O) groups is 1. The van der Waals surface area contributed by atoms with Crippen molar-refractivity contribution in [2.45, 2.75) is 13.8 Å². The zero-order valence-electron chi connectivity index (χ0n) is 16.0. The molecule has 29 heavy (non-hydrogen) atoms. The summed E-state index contributed by atoms with van der Waals surface area (Å²) in [6.07, 6.45) is 1.03. The van der Waals surface area contributed by atoms with E-state index in [-0.39, 0.29) is 11.4 Å².